The summed E-state index contributed by atoms with van der Waals surface area (Å²) in [4.78, 5) is 12.2. The lowest BCUT2D eigenvalue weighted by molar-refractivity contribution is 0.0988. The number of nitrogens with zero attached hydrogens (tertiary/aromatic N) is 4. The third kappa shape index (κ3) is 2.76. The van der Waals surface area contributed by atoms with Gasteiger partial charge in [0, 0.05) is 5.56 Å². The molecule has 1 saturated carbocycles. The summed E-state index contributed by atoms with van der Waals surface area (Å²) in [6.07, 6.45) is 6.22. The van der Waals surface area contributed by atoms with Gasteiger partial charge in [-0.15, -0.1) is 5.10 Å². The van der Waals surface area contributed by atoms with Crippen LogP contribution in [-0.4, -0.2) is 26.0 Å². The Labute approximate surface area is 118 Å². The lowest BCUT2D eigenvalue weighted by Gasteiger charge is -2.22. The molecule has 0 aliphatic heterocycles. The molecule has 1 aromatic heterocycles. The number of hydrogen-bond donors (Lipinski definition) is 0. The van der Waals surface area contributed by atoms with Crippen molar-refractivity contribution in [3.05, 3.63) is 41.7 Å². The molecule has 0 N–H and O–H groups in total. The van der Waals surface area contributed by atoms with Crippen LogP contribution in [0.5, 0.6) is 0 Å². The van der Waals surface area contributed by atoms with Crippen LogP contribution in [0.1, 0.15) is 54.3 Å². The van der Waals surface area contributed by atoms with Crippen LogP contribution in [-0.2, 0) is 6.42 Å². The van der Waals surface area contributed by atoms with E-state index in [4.69, 9.17) is 0 Å². The van der Waals surface area contributed by atoms with Crippen molar-refractivity contribution in [2.24, 2.45) is 0 Å². The predicted molar refractivity (Wildman–Crippen MR) is 74.4 cm³/mol. The molecule has 0 atom stereocenters. The molecule has 5 heteroatoms. The Balaban J connectivity index is 1.75. The topological polar surface area (TPSA) is 60.7 Å². The highest BCUT2D eigenvalue weighted by molar-refractivity contribution is 5.97. The first-order valence-electron chi connectivity index (χ1n) is 7.19. The van der Waals surface area contributed by atoms with Gasteiger partial charge in [0.25, 0.3) is 0 Å². The fraction of sp³-hybridized carbons (Fsp3) is 0.467. The summed E-state index contributed by atoms with van der Waals surface area (Å²) in [5.41, 5.74) is 0.714. The van der Waals surface area contributed by atoms with Crippen LogP contribution in [0, 0.1) is 0 Å². The Morgan fingerprint density at radius 2 is 1.90 bits per heavy atom. The Morgan fingerprint density at radius 1 is 1.15 bits per heavy atom. The average molecular weight is 270 g/mol. The number of carbonyl (C=O) groups excluding carboxylic acids is 1. The summed E-state index contributed by atoms with van der Waals surface area (Å²) in [6, 6.07) is 9.67. The van der Waals surface area contributed by atoms with Crippen LogP contribution in [0.2, 0.25) is 0 Å². The smallest absolute Gasteiger partial charge is 0.170 e. The van der Waals surface area contributed by atoms with Crippen molar-refractivity contribution in [2.75, 3.05) is 0 Å². The molecule has 3 rings (SSSR count). The molecule has 0 radical (unpaired) electrons. The number of tetrazole rings is 1. The number of Topliss-reactive ketones (excluding diaryl/α,β-unsaturated/α-hetero) is 1. The molecule has 20 heavy (non-hydrogen) atoms. The fourth-order valence-electron chi connectivity index (χ4n) is 2.81. The van der Waals surface area contributed by atoms with E-state index in [1.165, 1.54) is 19.3 Å². The Kier molecular flexibility index (Phi) is 3.85. The number of hydrogen-bond acceptors (Lipinski definition) is 4. The molecule has 1 aliphatic carbocycles. The molecular formula is C15H18N4O. The molecule has 1 aromatic carbocycles. The molecule has 1 heterocycles. The summed E-state index contributed by atoms with van der Waals surface area (Å²) in [6.45, 7) is 0. The second-order valence-corrected chi connectivity index (χ2v) is 5.30. The van der Waals surface area contributed by atoms with E-state index in [-0.39, 0.29) is 12.2 Å². The average Bonchev–Trinajstić information content (AvgIpc) is 2.97. The monoisotopic (exact) mass is 270 g/mol. The van der Waals surface area contributed by atoms with Gasteiger partial charge in [-0.3, -0.25) is 4.79 Å². The zero-order valence-electron chi connectivity index (χ0n) is 11.4. The Hall–Kier alpha value is -2.04. The quantitative estimate of drug-likeness (QED) is 0.801. The number of rotatable bonds is 4. The third-order valence-electron chi connectivity index (χ3n) is 3.90. The molecule has 104 valence electrons. The zero-order valence-corrected chi connectivity index (χ0v) is 11.4. The minimum Gasteiger partial charge on any atom is -0.294 e. The van der Waals surface area contributed by atoms with Crippen molar-refractivity contribution in [2.45, 2.75) is 44.6 Å². The van der Waals surface area contributed by atoms with Gasteiger partial charge in [-0.2, -0.15) is 0 Å². The second-order valence-electron chi connectivity index (χ2n) is 5.30. The van der Waals surface area contributed by atoms with Crippen LogP contribution >= 0.6 is 0 Å². The molecule has 0 saturated heterocycles. The largest absolute Gasteiger partial charge is 0.294 e. The number of benzene rings is 1. The molecule has 2 aromatic rings. The minimum atomic E-state index is 0.0671. The summed E-state index contributed by atoms with van der Waals surface area (Å²) in [7, 11) is 0. The van der Waals surface area contributed by atoms with Gasteiger partial charge in [0.1, 0.15) is 0 Å². The van der Waals surface area contributed by atoms with E-state index in [1.807, 2.05) is 35.0 Å². The minimum absolute atomic E-state index is 0.0671. The first-order valence-corrected chi connectivity index (χ1v) is 7.19. The van der Waals surface area contributed by atoms with E-state index in [0.717, 1.165) is 12.8 Å². The maximum Gasteiger partial charge on any atom is 0.170 e. The maximum absolute atomic E-state index is 12.2. The predicted octanol–water partition coefficient (Wildman–Crippen LogP) is 2.60. The highest BCUT2D eigenvalue weighted by Crippen LogP contribution is 2.27. The van der Waals surface area contributed by atoms with Crippen molar-refractivity contribution in [1.82, 2.24) is 20.2 Å². The molecule has 1 fully saturated rings. The van der Waals surface area contributed by atoms with Crippen molar-refractivity contribution in [3.63, 3.8) is 0 Å². The van der Waals surface area contributed by atoms with E-state index in [1.54, 1.807) is 0 Å². The van der Waals surface area contributed by atoms with Gasteiger partial charge in [-0.25, -0.2) is 4.68 Å². The van der Waals surface area contributed by atoms with E-state index >= 15 is 0 Å². The van der Waals surface area contributed by atoms with Crippen molar-refractivity contribution < 1.29 is 4.79 Å². The zero-order chi connectivity index (χ0) is 13.8. The van der Waals surface area contributed by atoms with Gasteiger partial charge in [0.05, 0.1) is 12.5 Å². The van der Waals surface area contributed by atoms with Gasteiger partial charge in [0.2, 0.25) is 0 Å². The van der Waals surface area contributed by atoms with Gasteiger partial charge >= 0.3 is 0 Å². The van der Waals surface area contributed by atoms with Crippen LogP contribution in [0.3, 0.4) is 0 Å². The normalized spacial score (nSPS) is 16.2. The van der Waals surface area contributed by atoms with Crippen molar-refractivity contribution in [3.8, 4) is 0 Å². The summed E-state index contributed by atoms with van der Waals surface area (Å²) >= 11 is 0. The highest BCUT2D eigenvalue weighted by atomic mass is 16.1. The van der Waals surface area contributed by atoms with Crippen molar-refractivity contribution in [1.29, 1.82) is 0 Å². The summed E-state index contributed by atoms with van der Waals surface area (Å²) < 4.78 is 1.86. The van der Waals surface area contributed by atoms with Crippen LogP contribution in [0.25, 0.3) is 0 Å². The number of carbonyl (C=O) groups is 1. The lowest BCUT2D eigenvalue weighted by Crippen LogP contribution is -2.19. The molecule has 0 spiro atoms. The van der Waals surface area contributed by atoms with E-state index in [0.29, 0.717) is 17.4 Å². The Bertz CT molecular complexity index is 573. The SMILES string of the molecule is O=C(Cc1nnnn1C1CCCCC1)c1ccccc1. The second kappa shape index (κ2) is 5.94. The van der Waals surface area contributed by atoms with Gasteiger partial charge in [-0.1, -0.05) is 49.6 Å². The number of aromatic nitrogens is 4. The molecular weight excluding hydrogens is 252 g/mol. The van der Waals surface area contributed by atoms with Gasteiger partial charge < -0.3 is 0 Å². The van der Waals surface area contributed by atoms with E-state index < -0.39 is 0 Å². The molecule has 5 nitrogen and oxygen atoms in total. The van der Waals surface area contributed by atoms with Gasteiger partial charge in [0.15, 0.2) is 11.6 Å². The van der Waals surface area contributed by atoms with Crippen LogP contribution < -0.4 is 0 Å². The molecule has 0 unspecified atom stereocenters. The Morgan fingerprint density at radius 3 is 2.65 bits per heavy atom. The maximum atomic E-state index is 12.2. The number of ketones is 1. The molecule has 1 aliphatic rings. The fourth-order valence-corrected chi connectivity index (χ4v) is 2.81. The first-order chi connectivity index (χ1) is 9.84. The lowest BCUT2D eigenvalue weighted by atomic mass is 9.95. The highest BCUT2D eigenvalue weighted by Gasteiger charge is 2.21. The standard InChI is InChI=1S/C15H18N4O/c20-14(12-7-3-1-4-8-12)11-15-16-17-18-19(15)13-9-5-2-6-10-13/h1,3-4,7-8,13H,2,5-6,9-11H2. The van der Waals surface area contributed by atoms with Crippen LogP contribution in [0.4, 0.5) is 0 Å². The van der Waals surface area contributed by atoms with Gasteiger partial charge in [-0.05, 0) is 23.3 Å². The molecule has 0 bridgehead atoms. The molecule has 0 amide bonds. The third-order valence-corrected chi connectivity index (χ3v) is 3.90. The van der Waals surface area contributed by atoms with Crippen LogP contribution in [0.15, 0.2) is 30.3 Å². The van der Waals surface area contributed by atoms with E-state index in [9.17, 15) is 4.79 Å². The summed E-state index contributed by atoms with van der Waals surface area (Å²) in [5, 5.41) is 11.9. The first kappa shape index (κ1) is 13.0. The van der Waals surface area contributed by atoms with Crippen molar-refractivity contribution >= 4 is 5.78 Å². The van der Waals surface area contributed by atoms with E-state index in [2.05, 4.69) is 15.5 Å². The summed E-state index contributed by atoms with van der Waals surface area (Å²) in [5.74, 6) is 0.753.